The van der Waals surface area contributed by atoms with Crippen molar-refractivity contribution in [2.75, 3.05) is 6.61 Å². The van der Waals surface area contributed by atoms with E-state index in [0.717, 1.165) is 88.9 Å². The summed E-state index contributed by atoms with van der Waals surface area (Å²) in [4.78, 5) is 10.6. The topological polar surface area (TPSA) is 37.3 Å². The van der Waals surface area contributed by atoms with Gasteiger partial charge < -0.3 is 5.11 Å². The predicted molar refractivity (Wildman–Crippen MR) is 165 cm³/mol. The van der Waals surface area contributed by atoms with E-state index in [2.05, 4.69) is 71.9 Å². The maximum absolute atomic E-state index is 10.6. The van der Waals surface area contributed by atoms with Crippen LogP contribution in [-0.2, 0) is 4.79 Å². The number of hydrogen-bond donors (Lipinski definition) is 1. The third-order valence-electron chi connectivity index (χ3n) is 6.79. The summed E-state index contributed by atoms with van der Waals surface area (Å²) in [5.41, 5.74) is 9.44. The number of aliphatic hydroxyl groups excluding tert-OH is 1. The minimum Gasteiger partial charge on any atom is -0.392 e. The van der Waals surface area contributed by atoms with Crippen molar-refractivity contribution < 1.29 is 9.90 Å². The fraction of sp³-hybridized carbons (Fsp3) is 0.571. The zero-order valence-corrected chi connectivity index (χ0v) is 25.2. The molecule has 0 atom stereocenters. The summed E-state index contributed by atoms with van der Waals surface area (Å²) in [6.45, 7) is 15.3. The van der Waals surface area contributed by atoms with Crippen molar-refractivity contribution in [3.8, 4) is 0 Å². The minimum absolute atomic E-state index is 0.146. The van der Waals surface area contributed by atoms with E-state index in [1.807, 2.05) is 19.1 Å². The number of allylic oxidation sites excluding steroid dienone is 13. The average Bonchev–Trinajstić information content (AvgIpc) is 2.84. The van der Waals surface area contributed by atoms with E-state index in [9.17, 15) is 4.79 Å². The molecular formula is C35H56O2. The number of aldehydes is 1. The van der Waals surface area contributed by atoms with Gasteiger partial charge in [-0.05, 0) is 131 Å². The van der Waals surface area contributed by atoms with Crippen LogP contribution in [0.5, 0.6) is 0 Å². The van der Waals surface area contributed by atoms with Crippen molar-refractivity contribution in [1.82, 2.24) is 0 Å². The van der Waals surface area contributed by atoms with Gasteiger partial charge in [0.1, 0.15) is 6.29 Å². The number of rotatable bonds is 20. The molecule has 0 heterocycles. The highest BCUT2D eigenvalue weighted by Crippen LogP contribution is 2.16. The van der Waals surface area contributed by atoms with Gasteiger partial charge in [0, 0.05) is 0 Å². The van der Waals surface area contributed by atoms with Crippen molar-refractivity contribution in [2.24, 2.45) is 0 Å². The Morgan fingerprint density at radius 3 is 0.919 bits per heavy atom. The molecule has 0 radical (unpaired) electrons. The standard InChI is InChI=1S/C35H56O2/c1-29(15-9-17-31(3)19-11-21-33(5)23-13-25-35(7)28-37)14-8-16-30(2)18-10-20-32(4)22-12-24-34(6)26-27-36/h14,17-18,21-22,25-26,28,36H,8-13,15-16,19-20,23-24,27H2,1-7H3/b29-14-,30-18-,31-17+,32-22-,33-21+,34-26-,35-25+. The molecule has 0 aliphatic heterocycles. The summed E-state index contributed by atoms with van der Waals surface area (Å²) in [5, 5.41) is 8.92. The Balaban J connectivity index is 4.16. The molecule has 0 aromatic heterocycles. The molecule has 0 aromatic carbocycles. The van der Waals surface area contributed by atoms with Crippen LogP contribution in [0.1, 0.15) is 126 Å². The Hall–Kier alpha value is -2.19. The summed E-state index contributed by atoms with van der Waals surface area (Å²) < 4.78 is 0. The minimum atomic E-state index is 0.146. The lowest BCUT2D eigenvalue weighted by molar-refractivity contribution is -0.104. The number of carbonyl (C=O) groups excluding carboxylic acids is 1. The summed E-state index contributed by atoms with van der Waals surface area (Å²) in [5.74, 6) is 0. The van der Waals surface area contributed by atoms with E-state index in [1.54, 1.807) is 0 Å². The van der Waals surface area contributed by atoms with Gasteiger partial charge in [-0.1, -0.05) is 76.0 Å². The van der Waals surface area contributed by atoms with Crippen LogP contribution in [0, 0.1) is 0 Å². The first-order valence-electron chi connectivity index (χ1n) is 14.3. The smallest absolute Gasteiger partial charge is 0.145 e. The maximum atomic E-state index is 10.6. The second kappa shape index (κ2) is 23.0. The van der Waals surface area contributed by atoms with E-state index in [4.69, 9.17) is 5.11 Å². The van der Waals surface area contributed by atoms with Crippen LogP contribution >= 0.6 is 0 Å². The van der Waals surface area contributed by atoms with E-state index in [0.29, 0.717) is 0 Å². The Bertz CT molecular complexity index is 856. The highest BCUT2D eigenvalue weighted by Gasteiger charge is 1.96. The Kier molecular flexibility index (Phi) is 21.6. The molecule has 37 heavy (non-hydrogen) atoms. The molecule has 1 N–H and O–H groups in total. The predicted octanol–water partition coefficient (Wildman–Crippen LogP) is 10.5. The fourth-order valence-electron chi connectivity index (χ4n) is 4.08. The molecule has 0 rings (SSSR count). The van der Waals surface area contributed by atoms with Crippen LogP contribution in [0.25, 0.3) is 0 Å². The second-order valence-corrected chi connectivity index (χ2v) is 10.8. The first-order valence-corrected chi connectivity index (χ1v) is 14.3. The van der Waals surface area contributed by atoms with Gasteiger partial charge in [-0.2, -0.15) is 0 Å². The zero-order chi connectivity index (χ0) is 27.9. The molecule has 0 aliphatic carbocycles. The monoisotopic (exact) mass is 508 g/mol. The van der Waals surface area contributed by atoms with Gasteiger partial charge in [-0.3, -0.25) is 4.79 Å². The summed E-state index contributed by atoms with van der Waals surface area (Å²) in [6, 6.07) is 0. The molecule has 0 fully saturated rings. The highest BCUT2D eigenvalue weighted by atomic mass is 16.2. The molecule has 2 heteroatoms. The lowest BCUT2D eigenvalue weighted by Crippen LogP contribution is -1.84. The fourth-order valence-corrected chi connectivity index (χ4v) is 4.08. The number of hydrogen-bond acceptors (Lipinski definition) is 2. The third kappa shape index (κ3) is 22.7. The summed E-state index contributed by atoms with van der Waals surface area (Å²) >= 11 is 0. The number of aliphatic hydroxyl groups is 1. The molecule has 0 aromatic rings. The molecule has 208 valence electrons. The van der Waals surface area contributed by atoms with Gasteiger partial charge in [0.25, 0.3) is 0 Å². The van der Waals surface area contributed by atoms with Gasteiger partial charge in [0.2, 0.25) is 0 Å². The van der Waals surface area contributed by atoms with Crippen LogP contribution in [0.3, 0.4) is 0 Å². The van der Waals surface area contributed by atoms with Gasteiger partial charge in [-0.25, -0.2) is 0 Å². The Morgan fingerprint density at radius 2 is 0.676 bits per heavy atom. The van der Waals surface area contributed by atoms with Crippen molar-refractivity contribution in [3.05, 3.63) is 81.5 Å². The van der Waals surface area contributed by atoms with Crippen molar-refractivity contribution in [3.63, 3.8) is 0 Å². The molecule has 0 bridgehead atoms. The summed E-state index contributed by atoms with van der Waals surface area (Å²) in [6.07, 6.45) is 29.9. The number of carbonyl (C=O) groups is 1. The second-order valence-electron chi connectivity index (χ2n) is 10.8. The van der Waals surface area contributed by atoms with Gasteiger partial charge in [0.05, 0.1) is 6.61 Å². The van der Waals surface area contributed by atoms with Crippen LogP contribution < -0.4 is 0 Å². The van der Waals surface area contributed by atoms with Crippen LogP contribution in [0.2, 0.25) is 0 Å². The van der Waals surface area contributed by atoms with Gasteiger partial charge in [0.15, 0.2) is 0 Å². The first kappa shape index (κ1) is 34.8. The van der Waals surface area contributed by atoms with Crippen LogP contribution in [0.4, 0.5) is 0 Å². The Morgan fingerprint density at radius 1 is 0.432 bits per heavy atom. The van der Waals surface area contributed by atoms with Crippen LogP contribution in [0.15, 0.2) is 81.5 Å². The molecule has 0 amide bonds. The molecule has 0 saturated carbocycles. The first-order chi connectivity index (χ1) is 17.7. The summed E-state index contributed by atoms with van der Waals surface area (Å²) in [7, 11) is 0. The molecule has 0 aliphatic rings. The van der Waals surface area contributed by atoms with E-state index in [-0.39, 0.29) is 6.61 Å². The quantitative estimate of drug-likeness (QED) is 0.101. The third-order valence-corrected chi connectivity index (χ3v) is 6.79. The van der Waals surface area contributed by atoms with Crippen LogP contribution in [-0.4, -0.2) is 18.0 Å². The van der Waals surface area contributed by atoms with E-state index >= 15 is 0 Å². The van der Waals surface area contributed by atoms with Crippen molar-refractivity contribution >= 4 is 6.29 Å². The van der Waals surface area contributed by atoms with Crippen molar-refractivity contribution in [2.45, 2.75) is 126 Å². The van der Waals surface area contributed by atoms with Crippen molar-refractivity contribution in [1.29, 1.82) is 0 Å². The molecule has 0 spiro atoms. The average molecular weight is 509 g/mol. The lowest BCUT2D eigenvalue weighted by atomic mass is 10.0. The Labute approximate surface area is 229 Å². The molecule has 0 saturated heterocycles. The molecule has 2 nitrogen and oxygen atoms in total. The SMILES string of the molecule is C/C(=C/CO)CC/C=C(/C)CC/C=C(/C)CC/C=C(/C)CC/C=C(\C)CC/C=C(\C)CC/C=C(\C)C=O. The normalized spacial score (nSPS) is 15.0. The van der Waals surface area contributed by atoms with E-state index < -0.39 is 0 Å². The van der Waals surface area contributed by atoms with Gasteiger partial charge in [-0.15, -0.1) is 0 Å². The maximum Gasteiger partial charge on any atom is 0.145 e. The van der Waals surface area contributed by atoms with E-state index in [1.165, 1.54) is 33.4 Å². The zero-order valence-electron chi connectivity index (χ0n) is 25.2. The highest BCUT2D eigenvalue weighted by molar-refractivity contribution is 5.71. The largest absolute Gasteiger partial charge is 0.392 e. The lowest BCUT2D eigenvalue weighted by Gasteiger charge is -2.04. The molecular weight excluding hydrogens is 452 g/mol. The molecule has 0 unspecified atom stereocenters. The van der Waals surface area contributed by atoms with Gasteiger partial charge >= 0.3 is 0 Å².